The highest BCUT2D eigenvalue weighted by atomic mass is 16.6. The zero-order chi connectivity index (χ0) is 17.0. The van der Waals surface area contributed by atoms with Gasteiger partial charge in [0.1, 0.15) is 11.9 Å². The van der Waals surface area contributed by atoms with E-state index in [4.69, 9.17) is 4.74 Å². The van der Waals surface area contributed by atoms with Gasteiger partial charge in [0.15, 0.2) is 0 Å². The van der Waals surface area contributed by atoms with Crippen molar-refractivity contribution in [3.05, 3.63) is 54.1 Å². The van der Waals surface area contributed by atoms with Gasteiger partial charge in [-0.05, 0) is 44.0 Å². The summed E-state index contributed by atoms with van der Waals surface area (Å²) in [6.45, 7) is 5.51. The summed E-state index contributed by atoms with van der Waals surface area (Å²) in [6.07, 6.45) is 0.419. The van der Waals surface area contributed by atoms with Gasteiger partial charge in [-0.25, -0.2) is 4.79 Å². The first-order valence-corrected chi connectivity index (χ1v) is 7.42. The van der Waals surface area contributed by atoms with E-state index in [0.717, 1.165) is 23.1 Å². The van der Waals surface area contributed by atoms with E-state index in [1.165, 1.54) is 4.90 Å². The smallest absolute Gasteiger partial charge is 0.414 e. The average Bonchev–Trinajstić information content (AvgIpc) is 2.52. The molecule has 4 heteroatoms. The molecule has 0 N–H and O–H groups in total. The number of amides is 1. The van der Waals surface area contributed by atoms with Crippen LogP contribution in [0.25, 0.3) is 11.1 Å². The predicted molar refractivity (Wildman–Crippen MR) is 91.9 cm³/mol. The third kappa shape index (κ3) is 4.42. The summed E-state index contributed by atoms with van der Waals surface area (Å²) in [5, 5.41) is 0. The van der Waals surface area contributed by atoms with Crippen LogP contribution in [0.3, 0.4) is 0 Å². The van der Waals surface area contributed by atoms with Crippen LogP contribution in [0, 0.1) is 0 Å². The van der Waals surface area contributed by atoms with Gasteiger partial charge in [-0.15, -0.1) is 0 Å². The van der Waals surface area contributed by atoms with Crippen LogP contribution in [0.15, 0.2) is 48.5 Å². The van der Waals surface area contributed by atoms with E-state index in [2.05, 4.69) is 0 Å². The molecule has 23 heavy (non-hydrogen) atoms. The second-order valence-corrected chi connectivity index (χ2v) is 6.33. The molecule has 0 aliphatic carbocycles. The third-order valence-electron chi connectivity index (χ3n) is 3.28. The lowest BCUT2D eigenvalue weighted by Gasteiger charge is -2.25. The first kappa shape index (κ1) is 16.7. The van der Waals surface area contributed by atoms with E-state index in [1.807, 2.05) is 57.2 Å². The quantitative estimate of drug-likeness (QED) is 0.782. The van der Waals surface area contributed by atoms with Gasteiger partial charge in [0, 0.05) is 18.3 Å². The van der Waals surface area contributed by atoms with Crippen molar-refractivity contribution in [3.63, 3.8) is 0 Å². The molecule has 2 aromatic carbocycles. The highest BCUT2D eigenvalue weighted by Gasteiger charge is 2.20. The Morgan fingerprint density at radius 2 is 1.70 bits per heavy atom. The minimum Gasteiger partial charge on any atom is -0.443 e. The molecule has 2 rings (SSSR count). The Morgan fingerprint density at radius 1 is 1.04 bits per heavy atom. The minimum atomic E-state index is -0.534. The molecule has 0 aromatic heterocycles. The number of aldehydes is 1. The minimum absolute atomic E-state index is 0.397. The van der Waals surface area contributed by atoms with Crippen molar-refractivity contribution in [2.75, 3.05) is 11.9 Å². The van der Waals surface area contributed by atoms with Crippen molar-refractivity contribution in [1.82, 2.24) is 0 Å². The number of anilines is 1. The number of hydrogen-bond acceptors (Lipinski definition) is 3. The fourth-order valence-electron chi connectivity index (χ4n) is 2.08. The van der Waals surface area contributed by atoms with Crippen LogP contribution in [-0.2, 0) is 4.74 Å². The Hall–Kier alpha value is -2.62. The van der Waals surface area contributed by atoms with E-state index in [0.29, 0.717) is 5.56 Å². The summed E-state index contributed by atoms with van der Waals surface area (Å²) in [7, 11) is 1.68. The van der Waals surface area contributed by atoms with Crippen molar-refractivity contribution in [1.29, 1.82) is 0 Å². The molecule has 0 radical (unpaired) electrons. The summed E-state index contributed by atoms with van der Waals surface area (Å²) in [5.41, 5.74) is 2.80. The lowest BCUT2D eigenvalue weighted by atomic mass is 10.0. The molecule has 1 amide bonds. The second-order valence-electron chi connectivity index (χ2n) is 6.33. The van der Waals surface area contributed by atoms with Crippen molar-refractivity contribution in [2.45, 2.75) is 26.4 Å². The van der Waals surface area contributed by atoms with Crippen LogP contribution in [0.2, 0.25) is 0 Å². The number of hydrogen-bond donors (Lipinski definition) is 0. The second kappa shape index (κ2) is 6.65. The highest BCUT2D eigenvalue weighted by molar-refractivity contribution is 5.88. The number of rotatable bonds is 3. The van der Waals surface area contributed by atoms with E-state index < -0.39 is 11.7 Å². The molecule has 0 fully saturated rings. The number of benzene rings is 2. The van der Waals surface area contributed by atoms with Crippen molar-refractivity contribution in [3.8, 4) is 11.1 Å². The molecule has 4 nitrogen and oxygen atoms in total. The van der Waals surface area contributed by atoms with Crippen molar-refractivity contribution in [2.24, 2.45) is 0 Å². The van der Waals surface area contributed by atoms with Gasteiger partial charge in [-0.1, -0.05) is 36.4 Å². The Labute approximate surface area is 136 Å². The molecule has 0 aliphatic rings. The molecule has 2 aromatic rings. The zero-order valence-electron chi connectivity index (χ0n) is 13.9. The molecular weight excluding hydrogens is 290 g/mol. The number of carbonyl (C=O) groups excluding carboxylic acids is 2. The van der Waals surface area contributed by atoms with Crippen LogP contribution in [0.4, 0.5) is 10.5 Å². The lowest BCUT2D eigenvalue weighted by Crippen LogP contribution is -2.34. The van der Waals surface area contributed by atoms with Gasteiger partial charge in [0.05, 0.1) is 0 Å². The normalized spacial score (nSPS) is 11.0. The molecule has 0 heterocycles. The van der Waals surface area contributed by atoms with Gasteiger partial charge in [0.2, 0.25) is 0 Å². The van der Waals surface area contributed by atoms with Crippen LogP contribution >= 0.6 is 0 Å². The monoisotopic (exact) mass is 311 g/mol. The SMILES string of the molecule is CN(C(=O)OC(C)(C)C)c1cccc(-c2ccc(C=O)cc2)c1. The van der Waals surface area contributed by atoms with Gasteiger partial charge < -0.3 is 4.74 Å². The van der Waals surface area contributed by atoms with Gasteiger partial charge in [0.25, 0.3) is 0 Å². The summed E-state index contributed by atoms with van der Waals surface area (Å²) >= 11 is 0. The van der Waals surface area contributed by atoms with Crippen LogP contribution in [-0.4, -0.2) is 25.0 Å². The fourth-order valence-corrected chi connectivity index (χ4v) is 2.08. The van der Waals surface area contributed by atoms with Crippen molar-refractivity contribution >= 4 is 18.1 Å². The van der Waals surface area contributed by atoms with E-state index >= 15 is 0 Å². The van der Waals surface area contributed by atoms with Gasteiger partial charge in [-0.2, -0.15) is 0 Å². The van der Waals surface area contributed by atoms with Crippen LogP contribution in [0.1, 0.15) is 31.1 Å². The number of ether oxygens (including phenoxy) is 1. The maximum atomic E-state index is 12.2. The standard InChI is InChI=1S/C19H21NO3/c1-19(2,3)23-18(22)20(4)17-7-5-6-16(12-17)15-10-8-14(13-21)9-11-15/h5-13H,1-4H3. The van der Waals surface area contributed by atoms with E-state index in [9.17, 15) is 9.59 Å². The Kier molecular flexibility index (Phi) is 4.84. The summed E-state index contributed by atoms with van der Waals surface area (Å²) in [4.78, 5) is 24.4. The Morgan fingerprint density at radius 3 is 2.26 bits per heavy atom. The van der Waals surface area contributed by atoms with Gasteiger partial charge >= 0.3 is 6.09 Å². The van der Waals surface area contributed by atoms with Crippen LogP contribution in [0.5, 0.6) is 0 Å². The molecule has 0 unspecified atom stereocenters. The zero-order valence-corrected chi connectivity index (χ0v) is 13.9. The van der Waals surface area contributed by atoms with E-state index in [1.54, 1.807) is 19.2 Å². The molecule has 0 saturated carbocycles. The Balaban J connectivity index is 2.25. The summed E-state index contributed by atoms with van der Waals surface area (Å²) in [6, 6.07) is 14.9. The van der Waals surface area contributed by atoms with Gasteiger partial charge in [-0.3, -0.25) is 9.69 Å². The average molecular weight is 311 g/mol. The number of nitrogens with zero attached hydrogens (tertiary/aromatic N) is 1. The maximum Gasteiger partial charge on any atom is 0.414 e. The molecular formula is C19H21NO3. The molecule has 0 aliphatic heterocycles. The fraction of sp³-hybridized carbons (Fsp3) is 0.263. The molecule has 0 saturated heterocycles. The van der Waals surface area contributed by atoms with E-state index in [-0.39, 0.29) is 0 Å². The van der Waals surface area contributed by atoms with Crippen LogP contribution < -0.4 is 4.90 Å². The topological polar surface area (TPSA) is 46.6 Å². The largest absolute Gasteiger partial charge is 0.443 e. The first-order chi connectivity index (χ1) is 10.8. The Bertz CT molecular complexity index is 699. The first-order valence-electron chi connectivity index (χ1n) is 7.42. The maximum absolute atomic E-state index is 12.2. The summed E-state index contributed by atoms with van der Waals surface area (Å²) in [5.74, 6) is 0. The third-order valence-corrected chi connectivity index (χ3v) is 3.28. The molecule has 0 bridgehead atoms. The predicted octanol–water partition coefficient (Wildman–Crippen LogP) is 4.54. The molecule has 0 spiro atoms. The number of carbonyl (C=O) groups is 2. The molecule has 0 atom stereocenters. The van der Waals surface area contributed by atoms with Crippen molar-refractivity contribution < 1.29 is 14.3 Å². The lowest BCUT2D eigenvalue weighted by molar-refractivity contribution is 0.0589. The highest BCUT2D eigenvalue weighted by Crippen LogP contribution is 2.25. The summed E-state index contributed by atoms with van der Waals surface area (Å²) < 4.78 is 5.38. The molecule has 120 valence electrons.